The van der Waals surface area contributed by atoms with E-state index in [1.165, 1.54) is 12.1 Å². The van der Waals surface area contributed by atoms with Crippen LogP contribution >= 0.6 is 12.4 Å². The van der Waals surface area contributed by atoms with Crippen molar-refractivity contribution in [2.75, 3.05) is 13.1 Å². The zero-order chi connectivity index (χ0) is 20.2. The summed E-state index contributed by atoms with van der Waals surface area (Å²) in [5.41, 5.74) is 3.21. The Hall–Kier alpha value is -2.70. The third-order valence-electron chi connectivity index (χ3n) is 5.45. The highest BCUT2D eigenvalue weighted by Crippen LogP contribution is 2.25. The minimum Gasteiger partial charge on any atom is -0.352 e. The molecule has 1 aliphatic heterocycles. The second-order valence-corrected chi connectivity index (χ2v) is 7.61. The second kappa shape index (κ2) is 9.87. The van der Waals surface area contributed by atoms with Gasteiger partial charge in [0.15, 0.2) is 0 Å². The summed E-state index contributed by atoms with van der Waals surface area (Å²) in [6, 6.07) is 16.1. The zero-order valence-electron chi connectivity index (χ0n) is 16.8. The number of benzene rings is 2. The topological polar surface area (TPSA) is 58.9 Å². The Bertz CT molecular complexity index is 975. The molecular formula is C23H26ClFN4O. The number of piperidine rings is 1. The summed E-state index contributed by atoms with van der Waals surface area (Å²) in [6.07, 6.45) is 3.16. The van der Waals surface area contributed by atoms with E-state index in [-0.39, 0.29) is 36.6 Å². The molecule has 30 heavy (non-hydrogen) atoms. The first kappa shape index (κ1) is 22.0. The van der Waals surface area contributed by atoms with Crippen LogP contribution in [-0.2, 0) is 11.2 Å². The van der Waals surface area contributed by atoms with Crippen LogP contribution in [0.25, 0.3) is 16.9 Å². The Kier molecular flexibility index (Phi) is 7.24. The van der Waals surface area contributed by atoms with Gasteiger partial charge in [0, 0.05) is 29.9 Å². The highest BCUT2D eigenvalue weighted by Gasteiger charge is 2.23. The van der Waals surface area contributed by atoms with E-state index in [2.05, 4.69) is 17.6 Å². The Morgan fingerprint density at radius 2 is 1.93 bits per heavy atom. The second-order valence-electron chi connectivity index (χ2n) is 7.61. The molecule has 0 radical (unpaired) electrons. The van der Waals surface area contributed by atoms with Gasteiger partial charge < -0.3 is 10.6 Å². The molecule has 3 aromatic rings. The summed E-state index contributed by atoms with van der Waals surface area (Å²) >= 11 is 0. The first-order chi connectivity index (χ1) is 14.1. The number of para-hydroxylation sites is 1. The fourth-order valence-corrected chi connectivity index (χ4v) is 3.72. The van der Waals surface area contributed by atoms with E-state index in [4.69, 9.17) is 5.10 Å². The maximum atomic E-state index is 13.4. The van der Waals surface area contributed by atoms with E-state index in [0.717, 1.165) is 36.3 Å². The summed E-state index contributed by atoms with van der Waals surface area (Å²) in [5.74, 6) is 0.125. The number of nitrogens with one attached hydrogen (secondary N) is 2. The number of hydrogen-bond acceptors (Lipinski definition) is 3. The van der Waals surface area contributed by atoms with Gasteiger partial charge >= 0.3 is 0 Å². The number of amides is 1. The number of carbonyl (C=O) groups is 1. The largest absolute Gasteiger partial charge is 0.352 e. The van der Waals surface area contributed by atoms with Crippen molar-refractivity contribution in [3.63, 3.8) is 0 Å². The van der Waals surface area contributed by atoms with Gasteiger partial charge in [-0.2, -0.15) is 5.10 Å². The van der Waals surface area contributed by atoms with Crippen LogP contribution in [0, 0.1) is 11.7 Å². The Balaban J connectivity index is 0.00000256. The van der Waals surface area contributed by atoms with Gasteiger partial charge in [0.25, 0.3) is 0 Å². The molecule has 1 aromatic heterocycles. The van der Waals surface area contributed by atoms with Crippen molar-refractivity contribution in [2.24, 2.45) is 5.92 Å². The molecule has 1 amide bonds. The van der Waals surface area contributed by atoms with Crippen LogP contribution in [0.5, 0.6) is 0 Å². The lowest BCUT2D eigenvalue weighted by Gasteiger charge is -2.30. The quantitative estimate of drug-likeness (QED) is 0.650. The van der Waals surface area contributed by atoms with Crippen molar-refractivity contribution < 1.29 is 9.18 Å². The SMILES string of the molecule is CC1CCNCC1NC(=O)Cc1cn(-c2ccccc2)nc1-c1ccc(F)cc1.Cl. The Morgan fingerprint density at radius 1 is 1.20 bits per heavy atom. The van der Waals surface area contributed by atoms with Crippen LogP contribution in [0.2, 0.25) is 0 Å². The van der Waals surface area contributed by atoms with Gasteiger partial charge in [0.05, 0.1) is 17.8 Å². The molecule has 2 aromatic carbocycles. The van der Waals surface area contributed by atoms with Crippen molar-refractivity contribution in [3.05, 3.63) is 72.2 Å². The van der Waals surface area contributed by atoms with Crippen molar-refractivity contribution in [2.45, 2.75) is 25.8 Å². The third kappa shape index (κ3) is 5.07. The van der Waals surface area contributed by atoms with Gasteiger partial charge in [-0.3, -0.25) is 4.79 Å². The summed E-state index contributed by atoms with van der Waals surface area (Å²) < 4.78 is 15.2. The first-order valence-electron chi connectivity index (χ1n) is 10.00. The molecule has 158 valence electrons. The molecule has 2 unspecified atom stereocenters. The predicted octanol–water partition coefficient (Wildman–Crippen LogP) is 3.76. The highest BCUT2D eigenvalue weighted by atomic mass is 35.5. The Labute approximate surface area is 182 Å². The van der Waals surface area contributed by atoms with Gasteiger partial charge in [-0.1, -0.05) is 25.1 Å². The molecule has 2 heterocycles. The molecule has 0 aliphatic carbocycles. The minimum atomic E-state index is -0.297. The first-order valence-corrected chi connectivity index (χ1v) is 10.00. The van der Waals surface area contributed by atoms with Gasteiger partial charge in [-0.25, -0.2) is 9.07 Å². The number of hydrogen-bond donors (Lipinski definition) is 2. The normalized spacial score (nSPS) is 18.5. The molecule has 0 spiro atoms. The molecule has 4 rings (SSSR count). The number of halogens is 2. The lowest BCUT2D eigenvalue weighted by molar-refractivity contribution is -0.121. The monoisotopic (exact) mass is 428 g/mol. The van der Waals surface area contributed by atoms with Gasteiger partial charge in [0.2, 0.25) is 5.91 Å². The standard InChI is InChI=1S/C23H25FN4O.ClH/c1-16-11-12-25-14-21(16)26-22(29)13-18-15-28(20-5-3-2-4-6-20)27-23(18)17-7-9-19(24)10-8-17;/h2-10,15-16,21,25H,11-14H2,1H3,(H,26,29);1H. The van der Waals surface area contributed by atoms with Gasteiger partial charge in [0.1, 0.15) is 5.82 Å². The lowest BCUT2D eigenvalue weighted by Crippen LogP contribution is -2.50. The highest BCUT2D eigenvalue weighted by molar-refractivity contribution is 5.85. The maximum Gasteiger partial charge on any atom is 0.224 e. The molecule has 1 aliphatic rings. The van der Waals surface area contributed by atoms with Crippen LogP contribution in [0.3, 0.4) is 0 Å². The summed E-state index contributed by atoms with van der Waals surface area (Å²) in [5, 5.41) is 11.2. The fraction of sp³-hybridized carbons (Fsp3) is 0.304. The molecule has 0 bridgehead atoms. The number of nitrogens with zero attached hydrogens (tertiary/aromatic N) is 2. The van der Waals surface area contributed by atoms with Gasteiger partial charge in [-0.15, -0.1) is 12.4 Å². The summed E-state index contributed by atoms with van der Waals surface area (Å²) in [7, 11) is 0. The van der Waals surface area contributed by atoms with E-state index in [1.54, 1.807) is 16.8 Å². The van der Waals surface area contributed by atoms with E-state index in [1.807, 2.05) is 36.5 Å². The van der Waals surface area contributed by atoms with Crippen molar-refractivity contribution >= 4 is 18.3 Å². The summed E-state index contributed by atoms with van der Waals surface area (Å²) in [4.78, 5) is 12.8. The number of carbonyl (C=O) groups excluding carboxylic acids is 1. The maximum absolute atomic E-state index is 13.4. The Morgan fingerprint density at radius 3 is 2.63 bits per heavy atom. The van der Waals surface area contributed by atoms with Crippen molar-refractivity contribution in [3.8, 4) is 16.9 Å². The molecular weight excluding hydrogens is 403 g/mol. The van der Waals surface area contributed by atoms with Crippen LogP contribution in [0.1, 0.15) is 18.9 Å². The smallest absolute Gasteiger partial charge is 0.224 e. The van der Waals surface area contributed by atoms with Crippen LogP contribution in [-0.4, -0.2) is 34.8 Å². The van der Waals surface area contributed by atoms with Crippen molar-refractivity contribution in [1.82, 2.24) is 20.4 Å². The average Bonchev–Trinajstić information content (AvgIpc) is 3.14. The number of aromatic nitrogens is 2. The van der Waals surface area contributed by atoms with E-state index < -0.39 is 0 Å². The van der Waals surface area contributed by atoms with Gasteiger partial charge in [-0.05, 0) is 55.3 Å². The zero-order valence-corrected chi connectivity index (χ0v) is 17.7. The average molecular weight is 429 g/mol. The molecule has 1 saturated heterocycles. The lowest BCUT2D eigenvalue weighted by atomic mass is 9.94. The molecule has 5 nitrogen and oxygen atoms in total. The van der Waals surface area contributed by atoms with Crippen LogP contribution in [0.4, 0.5) is 4.39 Å². The summed E-state index contributed by atoms with van der Waals surface area (Å²) in [6.45, 7) is 3.95. The predicted molar refractivity (Wildman–Crippen MR) is 118 cm³/mol. The van der Waals surface area contributed by atoms with E-state index in [9.17, 15) is 9.18 Å². The number of rotatable bonds is 5. The van der Waals surface area contributed by atoms with Crippen molar-refractivity contribution in [1.29, 1.82) is 0 Å². The molecule has 7 heteroatoms. The van der Waals surface area contributed by atoms with E-state index in [0.29, 0.717) is 11.6 Å². The fourth-order valence-electron chi connectivity index (χ4n) is 3.72. The van der Waals surface area contributed by atoms with Crippen LogP contribution < -0.4 is 10.6 Å². The molecule has 2 N–H and O–H groups in total. The molecule has 0 saturated carbocycles. The van der Waals surface area contributed by atoms with Crippen LogP contribution in [0.15, 0.2) is 60.8 Å². The molecule has 2 atom stereocenters. The molecule has 1 fully saturated rings. The minimum absolute atomic E-state index is 0. The van der Waals surface area contributed by atoms with E-state index >= 15 is 0 Å². The third-order valence-corrected chi connectivity index (χ3v) is 5.45.